The van der Waals surface area contributed by atoms with E-state index in [0.29, 0.717) is 23.5 Å². The number of aromatic hydroxyl groups is 1. The van der Waals surface area contributed by atoms with E-state index in [-0.39, 0.29) is 29.6 Å². The second-order valence-corrected chi connectivity index (χ2v) is 5.91. The SMILES string of the molecule is Cc1cc(C)n(CCNC(=O)c2cc(-c3ccccc3O)n[nH]2)c(=O)n1. The lowest BCUT2D eigenvalue weighted by Crippen LogP contribution is -2.33. The smallest absolute Gasteiger partial charge is 0.348 e. The van der Waals surface area contributed by atoms with Crippen LogP contribution >= 0.6 is 0 Å². The Morgan fingerprint density at radius 3 is 2.77 bits per heavy atom. The van der Waals surface area contributed by atoms with Gasteiger partial charge in [-0.3, -0.25) is 14.5 Å². The lowest BCUT2D eigenvalue weighted by atomic mass is 10.1. The van der Waals surface area contributed by atoms with Crippen molar-refractivity contribution in [1.82, 2.24) is 25.1 Å². The van der Waals surface area contributed by atoms with Crippen molar-refractivity contribution in [3.63, 3.8) is 0 Å². The fourth-order valence-corrected chi connectivity index (χ4v) is 2.69. The van der Waals surface area contributed by atoms with Crippen molar-refractivity contribution < 1.29 is 9.90 Å². The highest BCUT2D eigenvalue weighted by molar-refractivity contribution is 5.93. The molecule has 3 aromatic rings. The van der Waals surface area contributed by atoms with Gasteiger partial charge in [0.25, 0.3) is 5.91 Å². The van der Waals surface area contributed by atoms with Crippen molar-refractivity contribution in [2.75, 3.05) is 6.54 Å². The molecule has 0 radical (unpaired) electrons. The third kappa shape index (κ3) is 3.64. The highest BCUT2D eigenvalue weighted by Gasteiger charge is 2.13. The highest BCUT2D eigenvalue weighted by atomic mass is 16.3. The van der Waals surface area contributed by atoms with Gasteiger partial charge in [-0.2, -0.15) is 10.1 Å². The summed E-state index contributed by atoms with van der Waals surface area (Å²) in [5.74, 6) is -0.252. The minimum Gasteiger partial charge on any atom is -0.507 e. The average Bonchev–Trinajstić information content (AvgIpc) is 3.07. The van der Waals surface area contributed by atoms with Gasteiger partial charge in [0.1, 0.15) is 11.4 Å². The molecule has 0 saturated heterocycles. The number of rotatable bonds is 5. The Kier molecular flexibility index (Phi) is 4.83. The molecule has 2 aromatic heterocycles. The molecule has 0 aliphatic rings. The Morgan fingerprint density at radius 1 is 1.27 bits per heavy atom. The number of para-hydroxylation sites is 1. The van der Waals surface area contributed by atoms with Gasteiger partial charge in [0, 0.05) is 30.0 Å². The first-order chi connectivity index (χ1) is 12.5. The number of phenolic OH excluding ortho intramolecular Hbond substituents is 1. The maximum absolute atomic E-state index is 12.2. The molecular formula is C18H19N5O3. The molecule has 0 aliphatic carbocycles. The van der Waals surface area contributed by atoms with Gasteiger partial charge in [-0.1, -0.05) is 12.1 Å². The van der Waals surface area contributed by atoms with E-state index in [4.69, 9.17) is 0 Å². The fraction of sp³-hybridized carbons (Fsp3) is 0.222. The number of aromatic amines is 1. The number of H-pyrrole nitrogens is 1. The number of nitrogens with one attached hydrogen (secondary N) is 2. The van der Waals surface area contributed by atoms with Crippen molar-refractivity contribution in [1.29, 1.82) is 0 Å². The van der Waals surface area contributed by atoms with E-state index in [1.54, 1.807) is 37.3 Å². The molecule has 8 nitrogen and oxygen atoms in total. The number of carbonyl (C=O) groups excluding carboxylic acids is 1. The van der Waals surface area contributed by atoms with Gasteiger partial charge >= 0.3 is 5.69 Å². The molecule has 0 saturated carbocycles. The van der Waals surface area contributed by atoms with Crippen LogP contribution in [-0.4, -0.2) is 37.3 Å². The van der Waals surface area contributed by atoms with Crippen LogP contribution in [0, 0.1) is 13.8 Å². The largest absolute Gasteiger partial charge is 0.507 e. The lowest BCUT2D eigenvalue weighted by Gasteiger charge is -2.10. The third-order valence-electron chi connectivity index (χ3n) is 3.97. The van der Waals surface area contributed by atoms with Crippen molar-refractivity contribution >= 4 is 5.91 Å². The Morgan fingerprint density at radius 2 is 2.04 bits per heavy atom. The van der Waals surface area contributed by atoms with Crippen molar-refractivity contribution in [3.8, 4) is 17.0 Å². The van der Waals surface area contributed by atoms with Crippen molar-refractivity contribution in [2.24, 2.45) is 0 Å². The quantitative estimate of drug-likeness (QED) is 0.641. The molecule has 26 heavy (non-hydrogen) atoms. The zero-order valence-electron chi connectivity index (χ0n) is 14.5. The van der Waals surface area contributed by atoms with Gasteiger partial charge in [0.2, 0.25) is 0 Å². The molecule has 134 valence electrons. The summed E-state index contributed by atoms with van der Waals surface area (Å²) >= 11 is 0. The predicted octanol–water partition coefficient (Wildman–Crippen LogP) is 1.39. The molecule has 0 bridgehead atoms. The van der Waals surface area contributed by atoms with Gasteiger partial charge < -0.3 is 10.4 Å². The number of benzene rings is 1. The van der Waals surface area contributed by atoms with E-state index in [0.717, 1.165) is 5.69 Å². The number of aromatic nitrogens is 4. The van der Waals surface area contributed by atoms with Crippen LogP contribution in [0.1, 0.15) is 21.9 Å². The second kappa shape index (κ2) is 7.22. The maximum Gasteiger partial charge on any atom is 0.348 e. The van der Waals surface area contributed by atoms with Crippen LogP contribution in [0.25, 0.3) is 11.3 Å². The van der Waals surface area contributed by atoms with Crippen molar-refractivity contribution in [2.45, 2.75) is 20.4 Å². The topological polar surface area (TPSA) is 113 Å². The minimum atomic E-state index is -0.343. The number of hydrogen-bond donors (Lipinski definition) is 3. The molecule has 2 heterocycles. The van der Waals surface area contributed by atoms with E-state index < -0.39 is 0 Å². The van der Waals surface area contributed by atoms with E-state index in [1.807, 2.05) is 13.0 Å². The van der Waals surface area contributed by atoms with Gasteiger partial charge in [0.15, 0.2) is 0 Å². The first-order valence-electron chi connectivity index (χ1n) is 8.13. The number of aryl methyl sites for hydroxylation is 2. The number of amides is 1. The Balaban J connectivity index is 1.65. The zero-order valence-corrected chi connectivity index (χ0v) is 14.5. The van der Waals surface area contributed by atoms with Gasteiger partial charge in [-0.15, -0.1) is 0 Å². The summed E-state index contributed by atoms with van der Waals surface area (Å²) in [6.45, 7) is 4.19. The minimum absolute atomic E-state index is 0.0904. The van der Waals surface area contributed by atoms with E-state index in [1.165, 1.54) is 4.57 Å². The molecule has 0 spiro atoms. The third-order valence-corrected chi connectivity index (χ3v) is 3.97. The summed E-state index contributed by atoms with van der Waals surface area (Å²) in [6, 6.07) is 10.1. The van der Waals surface area contributed by atoms with Gasteiger partial charge in [-0.25, -0.2) is 4.79 Å². The number of nitrogens with zero attached hydrogens (tertiary/aromatic N) is 3. The molecular weight excluding hydrogens is 334 g/mol. The van der Waals surface area contributed by atoms with Crippen LogP contribution in [0.3, 0.4) is 0 Å². The monoisotopic (exact) mass is 353 g/mol. The van der Waals surface area contributed by atoms with Crippen molar-refractivity contribution in [3.05, 3.63) is 64.0 Å². The molecule has 1 aromatic carbocycles. The second-order valence-electron chi connectivity index (χ2n) is 5.91. The standard InChI is InChI=1S/C18H19N5O3/c1-11-9-12(2)23(18(26)20-11)8-7-19-17(25)15-10-14(21-22-15)13-5-3-4-6-16(13)24/h3-6,9-10,24H,7-8H2,1-2H3,(H,19,25)(H,21,22). The summed E-state index contributed by atoms with van der Waals surface area (Å²) < 4.78 is 1.51. The Labute approximate surface area is 149 Å². The molecule has 0 unspecified atom stereocenters. The fourth-order valence-electron chi connectivity index (χ4n) is 2.69. The van der Waals surface area contributed by atoms with Gasteiger partial charge in [-0.05, 0) is 38.1 Å². The Bertz CT molecular complexity index is 1010. The highest BCUT2D eigenvalue weighted by Crippen LogP contribution is 2.27. The van der Waals surface area contributed by atoms with Crippen LogP contribution < -0.4 is 11.0 Å². The summed E-state index contributed by atoms with van der Waals surface area (Å²) in [5.41, 5.74) is 2.41. The normalized spacial score (nSPS) is 10.7. The van der Waals surface area contributed by atoms with Crippen LogP contribution in [0.5, 0.6) is 5.75 Å². The molecule has 1 amide bonds. The first-order valence-corrected chi connectivity index (χ1v) is 8.13. The summed E-state index contributed by atoms with van der Waals surface area (Å²) in [5, 5.41) is 19.3. The van der Waals surface area contributed by atoms with Crippen LogP contribution in [0.4, 0.5) is 0 Å². The summed E-state index contributed by atoms with van der Waals surface area (Å²) in [7, 11) is 0. The maximum atomic E-state index is 12.2. The number of phenols is 1. The lowest BCUT2D eigenvalue weighted by molar-refractivity contribution is 0.0947. The number of carbonyl (C=O) groups is 1. The van der Waals surface area contributed by atoms with Gasteiger partial charge in [0.05, 0.1) is 5.69 Å². The molecule has 8 heteroatoms. The van der Waals surface area contributed by atoms with Crippen LogP contribution in [-0.2, 0) is 6.54 Å². The predicted molar refractivity (Wildman–Crippen MR) is 96.0 cm³/mol. The van der Waals surface area contributed by atoms with Crippen LogP contribution in [0.15, 0.2) is 41.2 Å². The molecule has 0 aliphatic heterocycles. The molecule has 0 atom stereocenters. The van der Waals surface area contributed by atoms with E-state index in [9.17, 15) is 14.7 Å². The molecule has 3 rings (SSSR count). The van der Waals surface area contributed by atoms with E-state index in [2.05, 4.69) is 20.5 Å². The summed E-state index contributed by atoms with van der Waals surface area (Å²) in [4.78, 5) is 28.0. The number of hydrogen-bond acceptors (Lipinski definition) is 5. The average molecular weight is 353 g/mol. The Hall–Kier alpha value is -3.42. The molecule has 0 fully saturated rings. The summed E-state index contributed by atoms with van der Waals surface area (Å²) in [6.07, 6.45) is 0. The first kappa shape index (κ1) is 17.4. The molecule has 3 N–H and O–H groups in total. The zero-order chi connectivity index (χ0) is 18.7. The van der Waals surface area contributed by atoms with Crippen LogP contribution in [0.2, 0.25) is 0 Å². The van der Waals surface area contributed by atoms with E-state index >= 15 is 0 Å².